The second-order valence-corrected chi connectivity index (χ2v) is 4.87. The second kappa shape index (κ2) is 13.2. The fraction of sp³-hybridized carbons (Fsp3) is 0.222. The summed E-state index contributed by atoms with van der Waals surface area (Å²) in [5.41, 5.74) is 0.194. The molecule has 0 heterocycles. The summed E-state index contributed by atoms with van der Waals surface area (Å²) in [5, 5.41) is 50.6. The number of carboxylic acid groups (broad SMARTS) is 2. The molecule has 8 nitrogen and oxygen atoms in total. The van der Waals surface area contributed by atoms with Crippen LogP contribution >= 0.6 is 0 Å². The molecule has 0 saturated heterocycles. The van der Waals surface area contributed by atoms with Gasteiger partial charge in [0.1, 0.15) is 11.5 Å². The first-order valence-electron chi connectivity index (χ1n) is 7.58. The molecule has 142 valence electrons. The number of carbonyl (C=O) groups is 2. The van der Waals surface area contributed by atoms with Gasteiger partial charge in [-0.2, -0.15) is 0 Å². The number of carboxylic acids is 2. The summed E-state index contributed by atoms with van der Waals surface area (Å²) < 4.78 is 0. The van der Waals surface area contributed by atoms with Gasteiger partial charge in [0, 0.05) is 13.2 Å². The van der Waals surface area contributed by atoms with Crippen LogP contribution < -0.4 is 0 Å². The SMILES string of the molecule is O=C(O)c1cccc(O)c1.O=C(O)c1cccc(O)c1.OCCCCO. The van der Waals surface area contributed by atoms with Crippen LogP contribution in [0.25, 0.3) is 0 Å². The molecule has 0 aromatic heterocycles. The van der Waals surface area contributed by atoms with Crippen molar-refractivity contribution in [2.75, 3.05) is 13.2 Å². The van der Waals surface area contributed by atoms with Crippen molar-refractivity contribution in [3.63, 3.8) is 0 Å². The van der Waals surface area contributed by atoms with Crippen molar-refractivity contribution in [2.24, 2.45) is 0 Å². The number of hydrogen-bond acceptors (Lipinski definition) is 6. The summed E-state index contributed by atoms with van der Waals surface area (Å²) in [7, 11) is 0. The number of aromatic hydroxyl groups is 2. The Kier molecular flexibility index (Phi) is 11.6. The molecule has 6 N–H and O–H groups in total. The minimum atomic E-state index is -1.03. The lowest BCUT2D eigenvalue weighted by Crippen LogP contribution is -1.94. The van der Waals surface area contributed by atoms with Gasteiger partial charge < -0.3 is 30.6 Å². The van der Waals surface area contributed by atoms with E-state index in [1.165, 1.54) is 48.5 Å². The average Bonchev–Trinajstić information content (AvgIpc) is 2.61. The van der Waals surface area contributed by atoms with Crippen LogP contribution in [0.4, 0.5) is 0 Å². The summed E-state index contributed by atoms with van der Waals surface area (Å²) in [6.45, 7) is 0.390. The van der Waals surface area contributed by atoms with E-state index in [1.54, 1.807) is 0 Å². The molecular weight excluding hydrogens is 344 g/mol. The van der Waals surface area contributed by atoms with Gasteiger partial charge in [0.15, 0.2) is 0 Å². The molecule has 0 unspecified atom stereocenters. The highest BCUT2D eigenvalue weighted by Crippen LogP contribution is 2.10. The molecule has 0 aliphatic carbocycles. The summed E-state index contributed by atoms with van der Waals surface area (Å²) in [6, 6.07) is 11.0. The van der Waals surface area contributed by atoms with Crippen molar-refractivity contribution < 1.29 is 40.2 Å². The Labute approximate surface area is 150 Å². The van der Waals surface area contributed by atoms with Crippen molar-refractivity contribution in [1.82, 2.24) is 0 Å². The van der Waals surface area contributed by atoms with Gasteiger partial charge in [0.05, 0.1) is 11.1 Å². The Hall–Kier alpha value is -3.10. The summed E-state index contributed by atoms with van der Waals surface area (Å²) in [4.78, 5) is 20.5. The van der Waals surface area contributed by atoms with Crippen LogP contribution in [0.15, 0.2) is 48.5 Å². The Morgan fingerprint density at radius 3 is 1.23 bits per heavy atom. The third-order valence-electron chi connectivity index (χ3n) is 2.75. The van der Waals surface area contributed by atoms with E-state index in [0.717, 1.165) is 12.8 Å². The highest BCUT2D eigenvalue weighted by molar-refractivity contribution is 5.88. The van der Waals surface area contributed by atoms with Gasteiger partial charge in [-0.05, 0) is 49.2 Å². The zero-order valence-corrected chi connectivity index (χ0v) is 13.9. The van der Waals surface area contributed by atoms with Gasteiger partial charge in [-0.1, -0.05) is 12.1 Å². The van der Waals surface area contributed by atoms with E-state index in [1.807, 2.05) is 0 Å². The molecule has 0 aliphatic rings. The summed E-state index contributed by atoms with van der Waals surface area (Å²) in [6.07, 6.45) is 1.44. The molecule has 2 aromatic carbocycles. The third kappa shape index (κ3) is 10.6. The minimum absolute atomic E-state index is 0.0279. The predicted octanol–water partition coefficient (Wildman–Crippen LogP) is 1.93. The second-order valence-electron chi connectivity index (χ2n) is 4.87. The number of aromatic carboxylic acids is 2. The Morgan fingerprint density at radius 1 is 0.692 bits per heavy atom. The molecular formula is C18H22O8. The third-order valence-corrected chi connectivity index (χ3v) is 2.75. The zero-order chi connectivity index (χ0) is 19.9. The van der Waals surface area contributed by atoms with Crippen molar-refractivity contribution in [3.05, 3.63) is 59.7 Å². The molecule has 2 rings (SSSR count). The van der Waals surface area contributed by atoms with Crippen LogP contribution in [0.3, 0.4) is 0 Å². The Morgan fingerprint density at radius 2 is 1.04 bits per heavy atom. The topological polar surface area (TPSA) is 156 Å². The van der Waals surface area contributed by atoms with Gasteiger partial charge in [0.25, 0.3) is 0 Å². The monoisotopic (exact) mass is 366 g/mol. The van der Waals surface area contributed by atoms with E-state index in [-0.39, 0.29) is 35.8 Å². The number of phenols is 2. The average molecular weight is 366 g/mol. The molecule has 0 bridgehead atoms. The lowest BCUT2D eigenvalue weighted by molar-refractivity contribution is 0.0685. The maximum atomic E-state index is 10.2. The van der Waals surface area contributed by atoms with Crippen molar-refractivity contribution >= 4 is 11.9 Å². The van der Waals surface area contributed by atoms with Crippen LogP contribution in [0.2, 0.25) is 0 Å². The quantitative estimate of drug-likeness (QED) is 0.438. The molecule has 0 aliphatic heterocycles. The maximum Gasteiger partial charge on any atom is 0.335 e. The van der Waals surface area contributed by atoms with Gasteiger partial charge in [-0.25, -0.2) is 9.59 Å². The van der Waals surface area contributed by atoms with E-state index in [4.69, 9.17) is 30.6 Å². The van der Waals surface area contributed by atoms with E-state index in [9.17, 15) is 9.59 Å². The lowest BCUT2D eigenvalue weighted by Gasteiger charge is -1.92. The molecule has 8 heteroatoms. The largest absolute Gasteiger partial charge is 0.508 e. The van der Waals surface area contributed by atoms with Crippen LogP contribution in [-0.4, -0.2) is 55.8 Å². The Bertz CT molecular complexity index is 625. The molecule has 0 amide bonds. The standard InChI is InChI=1S/2C7H6O3.C4H10O2/c2*8-6-3-1-2-5(4-6)7(9)10;5-3-1-2-4-6/h2*1-4,8H,(H,9,10);5-6H,1-4H2. The van der Waals surface area contributed by atoms with Gasteiger partial charge in [-0.15, -0.1) is 0 Å². The Balaban J connectivity index is 0.000000375. The molecule has 0 atom stereocenters. The van der Waals surface area contributed by atoms with E-state index in [2.05, 4.69) is 0 Å². The molecule has 0 fully saturated rings. The number of aliphatic hydroxyl groups excluding tert-OH is 2. The fourth-order valence-electron chi connectivity index (χ4n) is 1.50. The van der Waals surface area contributed by atoms with Gasteiger partial charge in [-0.3, -0.25) is 0 Å². The molecule has 26 heavy (non-hydrogen) atoms. The van der Waals surface area contributed by atoms with Crippen molar-refractivity contribution in [1.29, 1.82) is 0 Å². The van der Waals surface area contributed by atoms with Crippen LogP contribution in [0.1, 0.15) is 33.6 Å². The predicted molar refractivity (Wildman–Crippen MR) is 93.5 cm³/mol. The van der Waals surface area contributed by atoms with Gasteiger partial charge in [0.2, 0.25) is 0 Å². The highest BCUT2D eigenvalue weighted by Gasteiger charge is 2.01. The fourth-order valence-corrected chi connectivity index (χ4v) is 1.50. The van der Waals surface area contributed by atoms with E-state index >= 15 is 0 Å². The molecule has 0 saturated carbocycles. The zero-order valence-electron chi connectivity index (χ0n) is 13.9. The molecule has 2 aromatic rings. The van der Waals surface area contributed by atoms with Crippen molar-refractivity contribution in [2.45, 2.75) is 12.8 Å². The highest BCUT2D eigenvalue weighted by atomic mass is 16.4. The van der Waals surface area contributed by atoms with E-state index in [0.29, 0.717) is 0 Å². The van der Waals surface area contributed by atoms with Crippen LogP contribution in [0.5, 0.6) is 11.5 Å². The molecule has 0 spiro atoms. The van der Waals surface area contributed by atoms with Crippen LogP contribution in [-0.2, 0) is 0 Å². The lowest BCUT2D eigenvalue weighted by atomic mass is 10.2. The number of unbranched alkanes of at least 4 members (excludes halogenated alkanes) is 1. The first-order valence-corrected chi connectivity index (χ1v) is 7.58. The number of phenolic OH excluding ortho intramolecular Hbond substituents is 2. The smallest absolute Gasteiger partial charge is 0.335 e. The maximum absolute atomic E-state index is 10.2. The number of hydrogen-bond donors (Lipinski definition) is 6. The number of rotatable bonds is 5. The first kappa shape index (κ1) is 22.9. The van der Waals surface area contributed by atoms with Gasteiger partial charge >= 0.3 is 11.9 Å². The van der Waals surface area contributed by atoms with Crippen LogP contribution in [0, 0.1) is 0 Å². The number of aliphatic hydroxyl groups is 2. The molecule has 0 radical (unpaired) electrons. The summed E-state index contributed by atoms with van der Waals surface area (Å²) >= 11 is 0. The first-order chi connectivity index (χ1) is 12.3. The van der Waals surface area contributed by atoms with E-state index < -0.39 is 11.9 Å². The normalized spacial score (nSPS) is 9.15. The number of benzene rings is 2. The minimum Gasteiger partial charge on any atom is -0.508 e. The summed E-state index contributed by atoms with van der Waals surface area (Å²) in [5.74, 6) is -2.12. The van der Waals surface area contributed by atoms with Crippen molar-refractivity contribution in [3.8, 4) is 11.5 Å².